The van der Waals surface area contributed by atoms with E-state index in [1.165, 1.54) is 71.1 Å². The van der Waals surface area contributed by atoms with Gasteiger partial charge in [-0.05, 0) is 19.3 Å². The fraction of sp³-hybridized carbons (Fsp3) is 0.903. The zero-order valence-corrected chi connectivity index (χ0v) is 33.3. The Hall–Kier alpha value is 0.520. The number of carbonyl (C=O) groups excluding carboxylic acids is 3. The van der Waals surface area contributed by atoms with Gasteiger partial charge in [0, 0.05) is 26.3 Å². The second-order valence-corrected chi connectivity index (χ2v) is 12.4. The van der Waals surface area contributed by atoms with Crippen molar-refractivity contribution in [3.63, 3.8) is 0 Å². The van der Waals surface area contributed by atoms with Gasteiger partial charge in [-0.1, -0.05) is 116 Å². The van der Waals surface area contributed by atoms with E-state index < -0.39 is 32.5 Å². The smallest absolute Gasteiger partial charge is 0.790 e. The van der Waals surface area contributed by atoms with E-state index in [2.05, 4.69) is 16.8 Å². The third kappa shape index (κ3) is 38.7. The quantitative estimate of drug-likeness (QED) is 0.0485. The largest absolute Gasteiger partial charge is 1.00 e. The molecule has 0 fully saturated rings. The van der Waals surface area contributed by atoms with Gasteiger partial charge in [0.15, 0.2) is 6.10 Å². The molecule has 0 heterocycles. The Bertz CT molecular complexity index is 741. The van der Waals surface area contributed by atoms with Crippen LogP contribution < -0.4 is 74.2 Å². The fourth-order valence-corrected chi connectivity index (χ4v) is 4.97. The number of hydrogen-bond acceptors (Lipinski definition) is 9. The fourth-order valence-electron chi connectivity index (χ4n) is 4.62. The van der Waals surface area contributed by atoms with Gasteiger partial charge < -0.3 is 33.7 Å². The molecular weight excluding hydrogens is 607 g/mol. The second-order valence-electron chi connectivity index (χ2n) is 11.2. The molecule has 248 valence electrons. The van der Waals surface area contributed by atoms with Crippen LogP contribution in [0.2, 0.25) is 0 Å². The summed E-state index contributed by atoms with van der Waals surface area (Å²) >= 11 is 0. The number of rotatable bonds is 30. The number of phosphoric acid groups is 1. The van der Waals surface area contributed by atoms with Gasteiger partial charge in [-0.15, -0.1) is 0 Å². The number of esters is 2. The molecule has 0 aromatic carbocycles. The third-order valence-corrected chi connectivity index (χ3v) is 7.53. The minimum Gasteiger partial charge on any atom is -0.790 e. The number of unbranched alkanes of at least 4 members (excludes halogenated alkanes) is 18. The van der Waals surface area contributed by atoms with Crippen molar-refractivity contribution in [2.45, 2.75) is 161 Å². The predicted molar refractivity (Wildman–Crippen MR) is 160 cm³/mol. The van der Waals surface area contributed by atoms with Crippen LogP contribution >= 0.6 is 7.82 Å². The summed E-state index contributed by atoms with van der Waals surface area (Å²) in [5.74, 6) is -0.961. The van der Waals surface area contributed by atoms with E-state index >= 15 is 0 Å². The average molecular weight is 666 g/mol. The summed E-state index contributed by atoms with van der Waals surface area (Å²) in [6, 6.07) is 0. The molecule has 0 bridgehead atoms. The summed E-state index contributed by atoms with van der Waals surface area (Å²) in [6.07, 6.45) is 21.1. The van der Waals surface area contributed by atoms with Crippen LogP contribution in [0.5, 0.6) is 0 Å². The van der Waals surface area contributed by atoms with Crippen LogP contribution in [-0.4, -0.2) is 43.7 Å². The summed E-state index contributed by atoms with van der Waals surface area (Å²) in [6.45, 7) is 3.47. The molecule has 44 heavy (non-hydrogen) atoms. The first kappa shape index (κ1) is 48.9. The van der Waals surface area contributed by atoms with Crippen molar-refractivity contribution >= 4 is 25.7 Å². The third-order valence-electron chi connectivity index (χ3n) is 7.06. The summed E-state index contributed by atoms with van der Waals surface area (Å²) in [4.78, 5) is 56.9. The molecule has 13 heteroatoms. The molecule has 0 radical (unpaired) electrons. The molecule has 1 atom stereocenters. The normalized spacial score (nSPS) is 11.6. The molecule has 1 amide bonds. The minimum atomic E-state index is -5.25. The van der Waals surface area contributed by atoms with E-state index in [4.69, 9.17) is 9.47 Å². The van der Waals surface area contributed by atoms with E-state index in [0.717, 1.165) is 57.9 Å². The number of hydrogen-bond donors (Lipinski definition) is 1. The molecule has 0 aromatic rings. The molecule has 10 nitrogen and oxygen atoms in total. The summed E-state index contributed by atoms with van der Waals surface area (Å²) in [7, 11) is -5.25. The molecule has 0 aliphatic rings. The van der Waals surface area contributed by atoms with Crippen molar-refractivity contribution in [3.8, 4) is 0 Å². The molecular formula is C31H58NNa2O9P. The molecule has 0 unspecified atom stereocenters. The maximum Gasteiger partial charge on any atom is 1.00 e. The van der Waals surface area contributed by atoms with Crippen molar-refractivity contribution < 1.29 is 102 Å². The molecule has 0 saturated carbocycles. The van der Waals surface area contributed by atoms with Gasteiger partial charge in [-0.25, -0.2) is 0 Å². The van der Waals surface area contributed by atoms with Crippen molar-refractivity contribution in [1.82, 2.24) is 5.32 Å². The van der Waals surface area contributed by atoms with E-state index in [9.17, 15) is 28.7 Å². The molecule has 0 aliphatic heterocycles. The number of ether oxygens (including phenoxy) is 2. The Morgan fingerprint density at radius 3 is 1.48 bits per heavy atom. The maximum absolute atomic E-state index is 12.2. The molecule has 0 aliphatic carbocycles. The van der Waals surface area contributed by atoms with Crippen LogP contribution in [0.1, 0.15) is 155 Å². The van der Waals surface area contributed by atoms with Gasteiger partial charge in [0.25, 0.3) is 0 Å². The first-order valence-corrected chi connectivity index (χ1v) is 17.9. The van der Waals surface area contributed by atoms with Gasteiger partial charge in [-0.3, -0.25) is 14.4 Å². The second kappa shape index (κ2) is 34.8. The van der Waals surface area contributed by atoms with Gasteiger partial charge in [0.1, 0.15) is 6.61 Å². The van der Waals surface area contributed by atoms with Gasteiger partial charge in [0.05, 0.1) is 14.4 Å². The Kier molecular flexibility index (Phi) is 38.7. The van der Waals surface area contributed by atoms with E-state index in [-0.39, 0.29) is 84.5 Å². The van der Waals surface area contributed by atoms with Crippen LogP contribution in [-0.2, 0) is 32.9 Å². The summed E-state index contributed by atoms with van der Waals surface area (Å²) < 4.78 is 25.6. The predicted octanol–water partition coefficient (Wildman–Crippen LogP) is 0.0329. The summed E-state index contributed by atoms with van der Waals surface area (Å²) in [5, 5.41) is 2.81. The Balaban J connectivity index is -0.00000840. The first-order valence-electron chi connectivity index (χ1n) is 16.4. The van der Waals surface area contributed by atoms with Gasteiger partial charge >= 0.3 is 71.1 Å². The van der Waals surface area contributed by atoms with E-state index in [1.807, 2.05) is 0 Å². The topological polar surface area (TPSA) is 154 Å². The molecule has 0 saturated heterocycles. The molecule has 1 N–H and O–H groups in total. The Morgan fingerprint density at radius 2 is 1.05 bits per heavy atom. The van der Waals surface area contributed by atoms with Crippen LogP contribution in [0, 0.1) is 0 Å². The monoisotopic (exact) mass is 665 g/mol. The molecule has 0 spiro atoms. The van der Waals surface area contributed by atoms with Crippen molar-refractivity contribution in [2.75, 3.05) is 19.8 Å². The van der Waals surface area contributed by atoms with Crippen LogP contribution in [0.4, 0.5) is 0 Å². The average Bonchev–Trinajstić information content (AvgIpc) is 2.93. The van der Waals surface area contributed by atoms with E-state index in [0.29, 0.717) is 12.8 Å². The molecule has 0 rings (SSSR count). The standard InChI is InChI=1S/C31H60NO9P.2Na/c1-3-4-5-6-7-11-15-18-21-24-31(35)41-29(27-40-42(36,37)38)26-39-30(34)23-20-17-14-12-9-8-10-13-16-19-22-25-32-28(2)33;;/h29H,3-27H2,1-2H3,(H,32,33)(H2,36,37,38);;/q;2*+1/p-2/t29-;;/m1../s1. The Morgan fingerprint density at radius 1 is 0.636 bits per heavy atom. The number of nitrogens with one attached hydrogen (secondary N) is 1. The van der Waals surface area contributed by atoms with Crippen LogP contribution in [0.3, 0.4) is 0 Å². The van der Waals surface area contributed by atoms with Crippen molar-refractivity contribution in [2.24, 2.45) is 0 Å². The summed E-state index contributed by atoms with van der Waals surface area (Å²) in [5.41, 5.74) is 0. The number of carbonyl (C=O) groups is 3. The minimum absolute atomic E-state index is 0. The molecule has 0 aromatic heterocycles. The van der Waals surface area contributed by atoms with Gasteiger partial charge in [-0.2, -0.15) is 0 Å². The first-order chi connectivity index (χ1) is 20.1. The Labute approximate surface area is 311 Å². The van der Waals surface area contributed by atoms with Gasteiger partial charge in [0.2, 0.25) is 5.91 Å². The van der Waals surface area contributed by atoms with Crippen molar-refractivity contribution in [3.05, 3.63) is 0 Å². The van der Waals surface area contributed by atoms with Crippen LogP contribution in [0.15, 0.2) is 0 Å². The SMILES string of the molecule is CCCCCCCCCCCC(=O)O[C@H](COC(=O)CCCCCCCCCCCCCNC(C)=O)COP(=O)([O-])[O-].[Na+].[Na+]. The zero-order valence-electron chi connectivity index (χ0n) is 28.4. The zero-order chi connectivity index (χ0) is 31.3. The van der Waals surface area contributed by atoms with Crippen LogP contribution in [0.25, 0.3) is 0 Å². The number of phosphoric ester groups is 1. The van der Waals surface area contributed by atoms with E-state index in [1.54, 1.807) is 0 Å². The van der Waals surface area contributed by atoms with Crippen molar-refractivity contribution in [1.29, 1.82) is 0 Å². The number of amides is 1. The maximum atomic E-state index is 12.2.